The van der Waals surface area contributed by atoms with Crippen LogP contribution in [0.25, 0.3) is 0 Å². The molecule has 1 rings (SSSR count). The van der Waals surface area contributed by atoms with Gasteiger partial charge in [0.15, 0.2) is 0 Å². The van der Waals surface area contributed by atoms with E-state index in [2.05, 4.69) is 9.97 Å². The van der Waals surface area contributed by atoms with Gasteiger partial charge in [-0.15, -0.1) is 0 Å². The Bertz CT molecular complexity index is 382. The van der Waals surface area contributed by atoms with E-state index in [4.69, 9.17) is 16.3 Å². The first-order valence-corrected chi connectivity index (χ1v) is 5.56. The Morgan fingerprint density at radius 1 is 1.44 bits per heavy atom. The van der Waals surface area contributed by atoms with Crippen LogP contribution >= 0.6 is 11.6 Å². The standard InChI is InChI=1S/C11H15ClN2O2/c1-5-16-11(15)8-7(4)13-10(6(2)3)14-9(8)12/h6H,5H2,1-4H3. The zero-order valence-corrected chi connectivity index (χ0v) is 10.6. The van der Waals surface area contributed by atoms with E-state index in [-0.39, 0.29) is 16.6 Å². The van der Waals surface area contributed by atoms with Crippen molar-refractivity contribution in [1.82, 2.24) is 9.97 Å². The molecule has 0 aliphatic carbocycles. The smallest absolute Gasteiger partial charge is 0.343 e. The summed E-state index contributed by atoms with van der Waals surface area (Å²) >= 11 is 5.96. The van der Waals surface area contributed by atoms with Crippen LogP contribution in [0.3, 0.4) is 0 Å². The van der Waals surface area contributed by atoms with Crippen LogP contribution in [0, 0.1) is 6.92 Å². The summed E-state index contributed by atoms with van der Waals surface area (Å²) in [4.78, 5) is 19.9. The number of carbonyl (C=O) groups excluding carboxylic acids is 1. The third-order valence-corrected chi connectivity index (χ3v) is 2.33. The summed E-state index contributed by atoms with van der Waals surface area (Å²) in [5.74, 6) is 0.336. The average molecular weight is 243 g/mol. The number of carbonyl (C=O) groups is 1. The van der Waals surface area contributed by atoms with Crippen LogP contribution < -0.4 is 0 Å². The number of hydrogen-bond donors (Lipinski definition) is 0. The van der Waals surface area contributed by atoms with Crippen molar-refractivity contribution in [3.05, 3.63) is 22.2 Å². The Labute approximate surface area is 100 Å². The number of hydrogen-bond acceptors (Lipinski definition) is 4. The molecule has 0 bridgehead atoms. The van der Waals surface area contributed by atoms with Crippen molar-refractivity contribution in [3.63, 3.8) is 0 Å². The minimum Gasteiger partial charge on any atom is -0.462 e. The fourth-order valence-electron chi connectivity index (χ4n) is 1.25. The first-order valence-electron chi connectivity index (χ1n) is 5.18. The second-order valence-corrected chi connectivity index (χ2v) is 4.07. The van der Waals surface area contributed by atoms with Crippen molar-refractivity contribution in [2.45, 2.75) is 33.6 Å². The molecule has 0 saturated carbocycles. The maximum Gasteiger partial charge on any atom is 0.343 e. The number of halogens is 1. The number of rotatable bonds is 3. The van der Waals surface area contributed by atoms with E-state index in [1.807, 2.05) is 13.8 Å². The summed E-state index contributed by atoms with van der Waals surface area (Å²) in [6.07, 6.45) is 0. The third-order valence-electron chi connectivity index (χ3n) is 2.06. The van der Waals surface area contributed by atoms with Crippen molar-refractivity contribution in [1.29, 1.82) is 0 Å². The van der Waals surface area contributed by atoms with Crippen molar-refractivity contribution < 1.29 is 9.53 Å². The lowest BCUT2D eigenvalue weighted by molar-refractivity contribution is 0.0524. The normalized spacial score (nSPS) is 10.6. The molecule has 0 unspecified atom stereocenters. The van der Waals surface area contributed by atoms with Gasteiger partial charge < -0.3 is 4.74 Å². The van der Waals surface area contributed by atoms with E-state index in [1.165, 1.54) is 0 Å². The van der Waals surface area contributed by atoms with Crippen LogP contribution in [0.2, 0.25) is 5.15 Å². The molecule has 4 nitrogen and oxygen atoms in total. The van der Waals surface area contributed by atoms with E-state index < -0.39 is 5.97 Å². The quantitative estimate of drug-likeness (QED) is 0.604. The molecule has 0 fully saturated rings. The summed E-state index contributed by atoms with van der Waals surface area (Å²) in [6, 6.07) is 0. The van der Waals surface area contributed by atoms with E-state index in [9.17, 15) is 4.79 Å². The molecule has 1 aromatic heterocycles. The molecule has 88 valence electrons. The van der Waals surface area contributed by atoms with Crippen molar-refractivity contribution in [2.24, 2.45) is 0 Å². The predicted octanol–water partition coefficient (Wildman–Crippen LogP) is 2.74. The summed E-state index contributed by atoms with van der Waals surface area (Å²) in [7, 11) is 0. The van der Waals surface area contributed by atoms with Gasteiger partial charge in [0.2, 0.25) is 0 Å². The Hall–Kier alpha value is -1.16. The second kappa shape index (κ2) is 5.25. The lowest BCUT2D eigenvalue weighted by atomic mass is 10.2. The summed E-state index contributed by atoms with van der Waals surface area (Å²) in [5.41, 5.74) is 0.815. The molecule has 0 aliphatic rings. The van der Waals surface area contributed by atoms with Gasteiger partial charge in [-0.1, -0.05) is 25.4 Å². The van der Waals surface area contributed by atoms with Crippen molar-refractivity contribution >= 4 is 17.6 Å². The van der Waals surface area contributed by atoms with Crippen LogP contribution in [0.5, 0.6) is 0 Å². The largest absolute Gasteiger partial charge is 0.462 e. The molecule has 0 amide bonds. The fraction of sp³-hybridized carbons (Fsp3) is 0.545. The zero-order valence-electron chi connectivity index (χ0n) is 9.87. The van der Waals surface area contributed by atoms with Crippen LogP contribution in [-0.2, 0) is 4.74 Å². The molecule has 0 saturated heterocycles. The lowest BCUT2D eigenvalue weighted by Gasteiger charge is -2.10. The monoisotopic (exact) mass is 242 g/mol. The third kappa shape index (κ3) is 2.70. The van der Waals surface area contributed by atoms with Crippen LogP contribution in [-0.4, -0.2) is 22.5 Å². The highest BCUT2D eigenvalue weighted by molar-refractivity contribution is 6.32. The molecule has 1 heterocycles. The van der Waals surface area contributed by atoms with Gasteiger partial charge in [-0.25, -0.2) is 14.8 Å². The summed E-state index contributed by atoms with van der Waals surface area (Å²) in [6.45, 7) is 7.71. The van der Waals surface area contributed by atoms with E-state index in [0.717, 1.165) is 0 Å². The van der Waals surface area contributed by atoms with E-state index in [0.29, 0.717) is 18.1 Å². The molecule has 0 aliphatic heterocycles. The van der Waals surface area contributed by atoms with Gasteiger partial charge in [0, 0.05) is 5.92 Å². The number of aromatic nitrogens is 2. The SMILES string of the molecule is CCOC(=O)c1c(C)nc(C(C)C)nc1Cl. The minimum atomic E-state index is -0.472. The van der Waals surface area contributed by atoms with Crippen LogP contribution in [0.4, 0.5) is 0 Å². The molecule has 0 spiro atoms. The van der Waals surface area contributed by atoms with Gasteiger partial charge in [0.1, 0.15) is 16.5 Å². The Morgan fingerprint density at radius 2 is 2.06 bits per heavy atom. The second-order valence-electron chi connectivity index (χ2n) is 3.71. The van der Waals surface area contributed by atoms with Gasteiger partial charge in [0.25, 0.3) is 0 Å². The highest BCUT2D eigenvalue weighted by atomic mass is 35.5. The lowest BCUT2D eigenvalue weighted by Crippen LogP contribution is -2.12. The highest BCUT2D eigenvalue weighted by Crippen LogP contribution is 2.20. The maximum absolute atomic E-state index is 11.6. The maximum atomic E-state index is 11.6. The molecule has 1 aromatic rings. The molecule has 0 aromatic carbocycles. The van der Waals surface area contributed by atoms with Gasteiger partial charge in [-0.05, 0) is 13.8 Å². The molecular formula is C11H15ClN2O2. The van der Waals surface area contributed by atoms with Gasteiger partial charge in [0.05, 0.1) is 12.3 Å². The number of esters is 1. The minimum absolute atomic E-state index is 0.162. The Morgan fingerprint density at radius 3 is 2.50 bits per heavy atom. The van der Waals surface area contributed by atoms with Crippen molar-refractivity contribution in [3.8, 4) is 0 Å². The molecule has 0 radical (unpaired) electrons. The Kier molecular flexibility index (Phi) is 4.24. The first-order chi connectivity index (χ1) is 7.47. The van der Waals surface area contributed by atoms with Crippen LogP contribution in [0.1, 0.15) is 48.6 Å². The van der Waals surface area contributed by atoms with Gasteiger partial charge >= 0.3 is 5.97 Å². The predicted molar refractivity (Wildman–Crippen MR) is 61.8 cm³/mol. The number of ether oxygens (including phenoxy) is 1. The summed E-state index contributed by atoms with van der Waals surface area (Å²) < 4.78 is 4.89. The molecule has 5 heteroatoms. The summed E-state index contributed by atoms with van der Waals surface area (Å²) in [5, 5.41) is 0.162. The van der Waals surface area contributed by atoms with Crippen LogP contribution in [0.15, 0.2) is 0 Å². The van der Waals surface area contributed by atoms with Gasteiger partial charge in [-0.2, -0.15) is 0 Å². The molecular weight excluding hydrogens is 228 g/mol. The number of nitrogens with zero attached hydrogens (tertiary/aromatic N) is 2. The number of aryl methyl sites for hydroxylation is 1. The van der Waals surface area contributed by atoms with Crippen molar-refractivity contribution in [2.75, 3.05) is 6.61 Å². The molecule has 0 N–H and O–H groups in total. The fourth-order valence-corrected chi connectivity index (χ4v) is 1.55. The Balaban J connectivity index is 3.17. The zero-order chi connectivity index (χ0) is 12.3. The first kappa shape index (κ1) is 12.9. The molecule has 0 atom stereocenters. The average Bonchev–Trinajstić information content (AvgIpc) is 2.16. The van der Waals surface area contributed by atoms with E-state index in [1.54, 1.807) is 13.8 Å². The van der Waals surface area contributed by atoms with E-state index >= 15 is 0 Å². The highest BCUT2D eigenvalue weighted by Gasteiger charge is 2.19. The van der Waals surface area contributed by atoms with Gasteiger partial charge in [-0.3, -0.25) is 0 Å². The molecule has 16 heavy (non-hydrogen) atoms. The topological polar surface area (TPSA) is 52.1 Å².